The van der Waals surface area contributed by atoms with Crippen molar-refractivity contribution in [3.63, 3.8) is 0 Å². The first-order valence-corrected chi connectivity index (χ1v) is 19.0. The van der Waals surface area contributed by atoms with Gasteiger partial charge in [-0.2, -0.15) is 0 Å². The summed E-state index contributed by atoms with van der Waals surface area (Å²) in [6.45, 7) is 0. The van der Waals surface area contributed by atoms with E-state index in [-0.39, 0.29) is 0 Å². The molecule has 0 N–H and O–H groups in total. The van der Waals surface area contributed by atoms with Gasteiger partial charge in [0.1, 0.15) is 0 Å². The van der Waals surface area contributed by atoms with Gasteiger partial charge in [-0.25, -0.2) is 24.9 Å². The second-order valence-electron chi connectivity index (χ2n) is 13.3. The number of rotatable bonds is 7. The van der Waals surface area contributed by atoms with E-state index in [1.54, 1.807) is 11.3 Å². The van der Waals surface area contributed by atoms with Crippen molar-refractivity contribution in [2.75, 3.05) is 0 Å². The van der Waals surface area contributed by atoms with Crippen LogP contribution in [0.3, 0.4) is 0 Å². The van der Waals surface area contributed by atoms with Crippen molar-refractivity contribution in [1.82, 2.24) is 24.9 Å². The van der Waals surface area contributed by atoms with Gasteiger partial charge in [-0.15, -0.1) is 11.3 Å². The Labute approximate surface area is 322 Å². The number of hydrogen-bond acceptors (Lipinski definition) is 6. The van der Waals surface area contributed by atoms with Crippen LogP contribution >= 0.6 is 11.3 Å². The molecular weight excluding hydrogens is 691 g/mol. The molecule has 0 saturated heterocycles. The molecule has 0 spiro atoms. The first-order chi connectivity index (χ1) is 27.2. The van der Waals surface area contributed by atoms with Gasteiger partial charge in [-0.3, -0.25) is 0 Å². The number of hydrogen-bond donors (Lipinski definition) is 0. The molecule has 0 aliphatic heterocycles. The van der Waals surface area contributed by atoms with Gasteiger partial charge in [0.05, 0.1) is 11.4 Å². The largest absolute Gasteiger partial charge is 0.228 e. The Morgan fingerprint density at radius 1 is 0.309 bits per heavy atom. The third-order valence-electron chi connectivity index (χ3n) is 9.76. The molecule has 10 aromatic rings. The van der Waals surface area contributed by atoms with Crippen molar-refractivity contribution in [1.29, 1.82) is 0 Å². The van der Waals surface area contributed by atoms with Gasteiger partial charge in [0.25, 0.3) is 0 Å². The van der Waals surface area contributed by atoms with E-state index in [0.717, 1.165) is 55.9 Å². The lowest BCUT2D eigenvalue weighted by Crippen LogP contribution is -2.01. The minimum Gasteiger partial charge on any atom is -0.228 e. The summed E-state index contributed by atoms with van der Waals surface area (Å²) >= 11 is 1.80. The maximum Gasteiger partial charge on any atom is 0.164 e. The average Bonchev–Trinajstić information content (AvgIpc) is 3.66. The second-order valence-corrected chi connectivity index (χ2v) is 14.4. The smallest absolute Gasteiger partial charge is 0.164 e. The van der Waals surface area contributed by atoms with Crippen molar-refractivity contribution < 1.29 is 0 Å². The number of fused-ring (bicyclic) bond motifs is 3. The van der Waals surface area contributed by atoms with Crippen molar-refractivity contribution >= 4 is 31.5 Å². The molecule has 7 aromatic carbocycles. The van der Waals surface area contributed by atoms with E-state index in [2.05, 4.69) is 91.0 Å². The number of benzene rings is 7. The molecule has 0 unspecified atom stereocenters. The van der Waals surface area contributed by atoms with Gasteiger partial charge < -0.3 is 0 Å². The highest BCUT2D eigenvalue weighted by atomic mass is 32.1. The predicted octanol–water partition coefficient (Wildman–Crippen LogP) is 12.7. The van der Waals surface area contributed by atoms with E-state index < -0.39 is 0 Å². The zero-order chi connectivity index (χ0) is 36.6. The lowest BCUT2D eigenvalue weighted by atomic mass is 9.92. The number of nitrogens with zero attached hydrogens (tertiary/aromatic N) is 5. The molecule has 0 bridgehead atoms. The van der Waals surface area contributed by atoms with Crippen LogP contribution in [-0.2, 0) is 0 Å². The van der Waals surface area contributed by atoms with Crippen LogP contribution in [-0.4, -0.2) is 24.9 Å². The van der Waals surface area contributed by atoms with Crippen LogP contribution in [0.2, 0.25) is 0 Å². The van der Waals surface area contributed by atoms with E-state index in [4.69, 9.17) is 24.9 Å². The quantitative estimate of drug-likeness (QED) is 0.164. The lowest BCUT2D eigenvalue weighted by Gasteiger charge is -2.15. The van der Waals surface area contributed by atoms with E-state index >= 15 is 0 Å². The Bertz CT molecular complexity index is 2850. The Kier molecular flexibility index (Phi) is 8.28. The molecule has 10 rings (SSSR count). The number of aromatic nitrogens is 5. The van der Waals surface area contributed by atoms with Crippen LogP contribution in [0.1, 0.15) is 0 Å². The molecule has 5 nitrogen and oxygen atoms in total. The van der Waals surface area contributed by atoms with Crippen LogP contribution in [0.15, 0.2) is 188 Å². The van der Waals surface area contributed by atoms with Crippen LogP contribution in [0, 0.1) is 0 Å². The molecule has 258 valence electrons. The van der Waals surface area contributed by atoms with Crippen molar-refractivity contribution in [3.8, 4) is 79.2 Å². The third-order valence-corrected chi connectivity index (χ3v) is 10.9. The summed E-state index contributed by atoms with van der Waals surface area (Å²) in [4.78, 5) is 25.7. The molecule has 0 aliphatic carbocycles. The van der Waals surface area contributed by atoms with Crippen LogP contribution in [0.25, 0.3) is 99.4 Å². The van der Waals surface area contributed by atoms with E-state index in [0.29, 0.717) is 23.3 Å². The summed E-state index contributed by atoms with van der Waals surface area (Å²) in [7, 11) is 0. The highest BCUT2D eigenvalue weighted by Gasteiger charge is 2.21. The van der Waals surface area contributed by atoms with Gasteiger partial charge in [-0.1, -0.05) is 158 Å². The number of thiophene rings is 1. The predicted molar refractivity (Wildman–Crippen MR) is 226 cm³/mol. The van der Waals surface area contributed by atoms with Gasteiger partial charge in [-0.05, 0) is 35.9 Å². The fraction of sp³-hybridized carbons (Fsp3) is 0. The topological polar surface area (TPSA) is 64.5 Å². The first-order valence-electron chi connectivity index (χ1n) is 18.2. The van der Waals surface area contributed by atoms with Crippen molar-refractivity contribution in [2.45, 2.75) is 0 Å². The third kappa shape index (κ3) is 6.24. The van der Waals surface area contributed by atoms with Gasteiger partial charge >= 0.3 is 0 Å². The van der Waals surface area contributed by atoms with Crippen LogP contribution in [0.5, 0.6) is 0 Å². The van der Waals surface area contributed by atoms with Gasteiger partial charge in [0, 0.05) is 59.1 Å². The van der Waals surface area contributed by atoms with Crippen LogP contribution < -0.4 is 0 Å². The monoisotopic (exact) mass is 721 g/mol. The molecule has 0 atom stereocenters. The molecule has 0 amide bonds. The molecule has 0 radical (unpaired) electrons. The van der Waals surface area contributed by atoms with Crippen LogP contribution in [0.4, 0.5) is 0 Å². The average molecular weight is 722 g/mol. The van der Waals surface area contributed by atoms with E-state index in [9.17, 15) is 0 Å². The maximum atomic E-state index is 5.18. The lowest BCUT2D eigenvalue weighted by molar-refractivity contribution is 1.07. The Hall–Kier alpha value is -7.15. The normalized spacial score (nSPS) is 11.3. The van der Waals surface area contributed by atoms with Gasteiger partial charge in [0.15, 0.2) is 23.3 Å². The summed E-state index contributed by atoms with van der Waals surface area (Å²) < 4.78 is 2.42. The molecule has 0 fully saturated rings. The van der Waals surface area contributed by atoms with E-state index in [1.807, 2.05) is 97.1 Å². The summed E-state index contributed by atoms with van der Waals surface area (Å²) in [5, 5.41) is 2.36. The van der Waals surface area contributed by atoms with Gasteiger partial charge in [0.2, 0.25) is 0 Å². The second kappa shape index (κ2) is 14.0. The highest BCUT2D eigenvalue weighted by Crippen LogP contribution is 2.45. The summed E-state index contributed by atoms with van der Waals surface area (Å²) in [6, 6.07) is 64.5. The van der Waals surface area contributed by atoms with Crippen molar-refractivity contribution in [3.05, 3.63) is 188 Å². The summed E-state index contributed by atoms with van der Waals surface area (Å²) in [5.74, 6) is 2.51. The maximum absolute atomic E-state index is 5.18. The Morgan fingerprint density at radius 2 is 0.782 bits per heavy atom. The molecule has 55 heavy (non-hydrogen) atoms. The Balaban J connectivity index is 1.22. The fourth-order valence-corrected chi connectivity index (χ4v) is 8.25. The molecule has 3 aromatic heterocycles. The van der Waals surface area contributed by atoms with Crippen molar-refractivity contribution in [2.24, 2.45) is 0 Å². The summed E-state index contributed by atoms with van der Waals surface area (Å²) in [5.41, 5.74) is 9.60. The molecule has 0 aliphatic rings. The molecule has 6 heteroatoms. The molecule has 3 heterocycles. The zero-order valence-electron chi connectivity index (χ0n) is 29.5. The molecular formula is C49H31N5S. The molecule has 0 saturated carbocycles. The zero-order valence-corrected chi connectivity index (χ0v) is 30.4. The first kappa shape index (κ1) is 32.5. The SMILES string of the molecule is c1ccc(-c2cc(-c3ccccc3)nc(-c3cccc(-c4c(-c5nc(-c6ccccc6)nc(-c6ccccc6)n5)ccc5sc6ccccc6c45)c3)n2)cc1. The highest BCUT2D eigenvalue weighted by molar-refractivity contribution is 7.26. The standard InChI is InChI=1S/C49H31N5S/c1-5-16-32(17-6-1)40-31-41(33-18-7-2-8-19-33)51-48(50-40)37-25-15-24-36(30-37)44-39(28-29-43-45(44)38-26-13-14-27-42(38)55-43)49-53-46(34-20-9-3-10-21-34)52-47(54-49)35-22-11-4-12-23-35/h1-31H. The minimum atomic E-state index is 0.610. The minimum absolute atomic E-state index is 0.610. The summed E-state index contributed by atoms with van der Waals surface area (Å²) in [6.07, 6.45) is 0. The van der Waals surface area contributed by atoms with E-state index in [1.165, 1.54) is 20.2 Å². The Morgan fingerprint density at radius 3 is 1.38 bits per heavy atom. The fourth-order valence-electron chi connectivity index (χ4n) is 7.14.